The summed E-state index contributed by atoms with van der Waals surface area (Å²) in [6.45, 7) is 2.71. The molecule has 1 atom stereocenters. The van der Waals surface area contributed by atoms with Crippen LogP contribution in [0.3, 0.4) is 0 Å². The Morgan fingerprint density at radius 1 is 0.976 bits per heavy atom. The monoisotopic (exact) mass is 599 g/mol. The Morgan fingerprint density at radius 2 is 1.66 bits per heavy atom. The van der Waals surface area contributed by atoms with E-state index >= 15 is 0 Å². The van der Waals surface area contributed by atoms with Gasteiger partial charge in [-0.05, 0) is 48.2 Å². The Labute approximate surface area is 248 Å². The topological polar surface area (TPSA) is 96.0 Å². The highest BCUT2D eigenvalue weighted by atomic mass is 35.5. The fraction of sp³-hybridized carbons (Fsp3) is 0.355. The largest absolute Gasteiger partial charge is 0.495 e. The van der Waals surface area contributed by atoms with Gasteiger partial charge in [-0.15, -0.1) is 0 Å². The van der Waals surface area contributed by atoms with Crippen molar-refractivity contribution in [3.8, 4) is 5.75 Å². The second-order valence-electron chi connectivity index (χ2n) is 9.76. The molecule has 3 aromatic rings. The van der Waals surface area contributed by atoms with Crippen LogP contribution in [0.25, 0.3) is 0 Å². The summed E-state index contributed by atoms with van der Waals surface area (Å²) in [5.41, 5.74) is 2.12. The summed E-state index contributed by atoms with van der Waals surface area (Å²) in [6, 6.07) is 22.8. The van der Waals surface area contributed by atoms with Crippen molar-refractivity contribution in [3.05, 3.63) is 95.0 Å². The van der Waals surface area contributed by atoms with E-state index in [4.69, 9.17) is 16.3 Å². The van der Waals surface area contributed by atoms with Crippen molar-refractivity contribution in [2.75, 3.05) is 30.8 Å². The summed E-state index contributed by atoms with van der Waals surface area (Å²) in [5, 5.41) is 3.49. The minimum Gasteiger partial charge on any atom is -0.495 e. The number of halogens is 1. The zero-order chi connectivity index (χ0) is 29.8. The fourth-order valence-electron chi connectivity index (χ4n) is 4.57. The number of nitrogens with one attached hydrogen (secondary N) is 1. The zero-order valence-corrected chi connectivity index (χ0v) is 25.3. The molecule has 0 aromatic heterocycles. The molecule has 0 saturated heterocycles. The maximum absolute atomic E-state index is 13.9. The van der Waals surface area contributed by atoms with Crippen LogP contribution in [-0.4, -0.2) is 57.6 Å². The van der Waals surface area contributed by atoms with Gasteiger partial charge in [0, 0.05) is 37.5 Å². The van der Waals surface area contributed by atoms with Gasteiger partial charge in [-0.3, -0.25) is 13.9 Å². The van der Waals surface area contributed by atoms with Gasteiger partial charge in [0.2, 0.25) is 21.8 Å². The summed E-state index contributed by atoms with van der Waals surface area (Å²) < 4.78 is 32.0. The Morgan fingerprint density at radius 3 is 2.32 bits per heavy atom. The highest BCUT2D eigenvalue weighted by Crippen LogP contribution is 2.30. The standard InChI is InChI=1S/C31H38ClN3O5S/c1-4-19-33-31(37)28(22-24-12-6-5-7-13-24)34(23-25-14-10-15-26(32)21-25)30(36)18-11-20-35(41(3,38)39)27-16-8-9-17-29(27)40-2/h5-10,12-17,21,28H,4,11,18-20,22-23H2,1-3H3,(H,33,37)/t28-/m0/s1. The fourth-order valence-corrected chi connectivity index (χ4v) is 5.75. The van der Waals surface area contributed by atoms with E-state index in [2.05, 4.69) is 5.32 Å². The molecule has 0 radical (unpaired) electrons. The molecule has 0 fully saturated rings. The third-order valence-corrected chi connectivity index (χ3v) is 7.98. The quantitative estimate of drug-likeness (QED) is 0.263. The number of anilines is 1. The van der Waals surface area contributed by atoms with Crippen LogP contribution >= 0.6 is 11.6 Å². The first-order valence-electron chi connectivity index (χ1n) is 13.6. The van der Waals surface area contributed by atoms with Crippen molar-refractivity contribution in [1.29, 1.82) is 0 Å². The van der Waals surface area contributed by atoms with Crippen molar-refractivity contribution < 1.29 is 22.7 Å². The maximum atomic E-state index is 13.9. The predicted molar refractivity (Wildman–Crippen MR) is 164 cm³/mol. The van der Waals surface area contributed by atoms with Crippen LogP contribution in [0.15, 0.2) is 78.9 Å². The number of methoxy groups -OCH3 is 1. The SMILES string of the molecule is CCCNC(=O)[C@H](Cc1ccccc1)N(Cc1cccc(Cl)c1)C(=O)CCCN(c1ccccc1OC)S(C)(=O)=O. The normalized spacial score (nSPS) is 11.9. The van der Waals surface area contributed by atoms with E-state index in [1.54, 1.807) is 47.4 Å². The highest BCUT2D eigenvalue weighted by molar-refractivity contribution is 7.92. The average molecular weight is 600 g/mol. The Bertz CT molecular complexity index is 1400. The molecule has 0 saturated carbocycles. The molecular formula is C31H38ClN3O5S. The molecule has 0 heterocycles. The molecule has 3 aromatic carbocycles. The van der Waals surface area contributed by atoms with Gasteiger partial charge in [0.25, 0.3) is 0 Å². The van der Waals surface area contributed by atoms with Gasteiger partial charge in [-0.2, -0.15) is 0 Å². The lowest BCUT2D eigenvalue weighted by Crippen LogP contribution is -2.50. The number of hydrogen-bond acceptors (Lipinski definition) is 5. The van der Waals surface area contributed by atoms with Crippen LogP contribution in [0.5, 0.6) is 5.75 Å². The van der Waals surface area contributed by atoms with Gasteiger partial charge in [-0.1, -0.05) is 73.1 Å². The highest BCUT2D eigenvalue weighted by Gasteiger charge is 2.30. The minimum atomic E-state index is -3.65. The molecule has 1 N–H and O–H groups in total. The van der Waals surface area contributed by atoms with Gasteiger partial charge in [-0.25, -0.2) is 8.42 Å². The Hall–Kier alpha value is -3.56. The minimum absolute atomic E-state index is 0.0358. The molecule has 0 spiro atoms. The van der Waals surface area contributed by atoms with E-state index in [-0.39, 0.29) is 37.7 Å². The van der Waals surface area contributed by atoms with E-state index in [1.807, 2.05) is 43.3 Å². The first-order valence-corrected chi connectivity index (χ1v) is 15.8. The summed E-state index contributed by atoms with van der Waals surface area (Å²) in [5.74, 6) is -0.0775. The van der Waals surface area contributed by atoms with Crippen molar-refractivity contribution in [1.82, 2.24) is 10.2 Å². The number of amides is 2. The molecule has 8 nitrogen and oxygen atoms in total. The molecule has 220 valence electrons. The van der Waals surface area contributed by atoms with Gasteiger partial charge in [0.05, 0.1) is 19.1 Å². The first-order chi connectivity index (χ1) is 19.6. The van der Waals surface area contributed by atoms with Crippen molar-refractivity contribution in [2.24, 2.45) is 0 Å². The number of sulfonamides is 1. The van der Waals surface area contributed by atoms with Crippen LogP contribution in [0, 0.1) is 0 Å². The molecule has 0 unspecified atom stereocenters. The number of hydrogen-bond donors (Lipinski definition) is 1. The van der Waals surface area contributed by atoms with Crippen molar-refractivity contribution >= 4 is 39.1 Å². The molecule has 0 aliphatic rings. The van der Waals surface area contributed by atoms with E-state index < -0.39 is 16.1 Å². The summed E-state index contributed by atoms with van der Waals surface area (Å²) in [7, 11) is -2.17. The summed E-state index contributed by atoms with van der Waals surface area (Å²) in [6.07, 6.45) is 2.50. The second kappa shape index (κ2) is 15.4. The average Bonchev–Trinajstić information content (AvgIpc) is 2.95. The lowest BCUT2D eigenvalue weighted by molar-refractivity contribution is -0.141. The third kappa shape index (κ3) is 9.50. The maximum Gasteiger partial charge on any atom is 0.243 e. The summed E-state index contributed by atoms with van der Waals surface area (Å²) >= 11 is 6.24. The lowest BCUT2D eigenvalue weighted by atomic mass is 10.0. The molecule has 0 aliphatic carbocycles. The zero-order valence-electron chi connectivity index (χ0n) is 23.8. The first kappa shape index (κ1) is 32.0. The second-order valence-corrected chi connectivity index (χ2v) is 12.1. The lowest BCUT2D eigenvalue weighted by Gasteiger charge is -2.32. The molecule has 10 heteroatoms. The van der Waals surface area contributed by atoms with Crippen molar-refractivity contribution in [2.45, 2.75) is 45.2 Å². The van der Waals surface area contributed by atoms with Crippen LogP contribution in [0.1, 0.15) is 37.3 Å². The number of ether oxygens (including phenoxy) is 1. The van der Waals surface area contributed by atoms with E-state index in [1.165, 1.54) is 11.4 Å². The predicted octanol–water partition coefficient (Wildman–Crippen LogP) is 5.06. The molecule has 0 aliphatic heterocycles. The van der Waals surface area contributed by atoms with E-state index in [0.717, 1.165) is 23.8 Å². The number of carbonyl (C=O) groups excluding carboxylic acids is 2. The number of rotatable bonds is 15. The third-order valence-electron chi connectivity index (χ3n) is 6.57. The van der Waals surface area contributed by atoms with Gasteiger partial charge < -0.3 is 15.0 Å². The Kier molecular flexibility index (Phi) is 12.0. The summed E-state index contributed by atoms with van der Waals surface area (Å²) in [4.78, 5) is 28.9. The van der Waals surface area contributed by atoms with Gasteiger partial charge >= 0.3 is 0 Å². The Balaban J connectivity index is 1.88. The number of para-hydroxylation sites is 2. The molecule has 41 heavy (non-hydrogen) atoms. The number of carbonyl (C=O) groups is 2. The van der Waals surface area contributed by atoms with Crippen LogP contribution in [0.4, 0.5) is 5.69 Å². The molecule has 0 bridgehead atoms. The van der Waals surface area contributed by atoms with Gasteiger partial charge in [0.15, 0.2) is 0 Å². The number of benzene rings is 3. The van der Waals surface area contributed by atoms with Gasteiger partial charge in [0.1, 0.15) is 11.8 Å². The molecule has 2 amide bonds. The van der Waals surface area contributed by atoms with Crippen LogP contribution in [-0.2, 0) is 32.6 Å². The molecular weight excluding hydrogens is 562 g/mol. The van der Waals surface area contributed by atoms with Crippen molar-refractivity contribution in [3.63, 3.8) is 0 Å². The van der Waals surface area contributed by atoms with E-state index in [0.29, 0.717) is 29.4 Å². The smallest absolute Gasteiger partial charge is 0.243 e. The number of nitrogens with zero attached hydrogens (tertiary/aromatic N) is 2. The molecule has 3 rings (SSSR count). The van der Waals surface area contributed by atoms with E-state index in [9.17, 15) is 18.0 Å². The van der Waals surface area contributed by atoms with Crippen LogP contribution < -0.4 is 14.4 Å². The van der Waals surface area contributed by atoms with Crippen LogP contribution in [0.2, 0.25) is 5.02 Å².